The van der Waals surface area contributed by atoms with Gasteiger partial charge in [0.05, 0.1) is 18.3 Å². The number of carbonyl (C=O) groups is 2. The van der Waals surface area contributed by atoms with Crippen molar-refractivity contribution in [3.63, 3.8) is 0 Å². The number of aromatic nitrogens is 1. The summed E-state index contributed by atoms with van der Waals surface area (Å²) in [5, 5.41) is 12.3. The van der Waals surface area contributed by atoms with E-state index in [1.165, 1.54) is 6.92 Å². The summed E-state index contributed by atoms with van der Waals surface area (Å²) in [4.78, 5) is 43.5. The van der Waals surface area contributed by atoms with Crippen LogP contribution in [0, 0.1) is 28.6 Å². The lowest BCUT2D eigenvalue weighted by Crippen LogP contribution is -2.70. The van der Waals surface area contributed by atoms with E-state index in [2.05, 4.69) is 32.7 Å². The number of carbonyl (C=O) groups excluding carboxylic acids is 2. The fourth-order valence-corrected chi connectivity index (χ4v) is 8.77. The van der Waals surface area contributed by atoms with Gasteiger partial charge in [0.2, 0.25) is 0 Å². The molecule has 244 valence electrons. The Morgan fingerprint density at radius 2 is 1.87 bits per heavy atom. The minimum atomic E-state index is -1.27. The molecule has 2 fully saturated rings. The number of rotatable bonds is 6. The highest BCUT2D eigenvalue weighted by atomic mass is 16.6. The van der Waals surface area contributed by atoms with Crippen LogP contribution in [0.15, 0.2) is 64.1 Å². The quantitative estimate of drug-likeness (QED) is 0.312. The average molecular weight is 630 g/mol. The Balaban J connectivity index is 1.48. The number of benzene rings is 1. The van der Waals surface area contributed by atoms with Crippen molar-refractivity contribution in [3.8, 4) is 17.1 Å². The molecular formula is C37H43NO8. The van der Waals surface area contributed by atoms with E-state index in [4.69, 9.17) is 18.6 Å². The minimum Gasteiger partial charge on any atom is -0.482 e. The third-order valence-corrected chi connectivity index (χ3v) is 11.5. The third kappa shape index (κ3) is 5.13. The lowest BCUT2D eigenvalue weighted by molar-refractivity contribution is -0.257. The zero-order chi connectivity index (χ0) is 33.0. The summed E-state index contributed by atoms with van der Waals surface area (Å²) in [6.45, 7) is 11.9. The lowest BCUT2D eigenvalue weighted by Gasteiger charge is -2.66. The van der Waals surface area contributed by atoms with Crippen molar-refractivity contribution in [3.05, 3.63) is 82.0 Å². The Morgan fingerprint density at radius 1 is 1.13 bits per heavy atom. The van der Waals surface area contributed by atoms with E-state index in [0.29, 0.717) is 17.5 Å². The molecule has 3 aliphatic rings. The van der Waals surface area contributed by atoms with E-state index in [1.807, 2.05) is 19.1 Å². The Hall–Kier alpha value is -3.98. The molecule has 1 aromatic carbocycles. The number of aliphatic hydroxyl groups is 1. The van der Waals surface area contributed by atoms with Crippen LogP contribution in [-0.4, -0.2) is 40.3 Å². The third-order valence-electron chi connectivity index (χ3n) is 11.5. The molecule has 3 aromatic rings. The van der Waals surface area contributed by atoms with Gasteiger partial charge >= 0.3 is 17.6 Å². The number of aliphatic hydroxyl groups excluding tert-OH is 1. The summed E-state index contributed by atoms with van der Waals surface area (Å²) < 4.78 is 24.6. The molecule has 8 atom stereocenters. The molecule has 3 heterocycles. The molecule has 6 rings (SSSR count). The topological polar surface area (TPSA) is 125 Å². The number of hydrogen-bond donors (Lipinski definition) is 1. The van der Waals surface area contributed by atoms with Crippen LogP contribution >= 0.6 is 0 Å². The highest BCUT2D eigenvalue weighted by molar-refractivity contribution is 5.89. The highest BCUT2D eigenvalue weighted by Crippen LogP contribution is 2.68. The van der Waals surface area contributed by atoms with E-state index in [9.17, 15) is 19.5 Å². The Labute approximate surface area is 269 Å². The molecular weight excluding hydrogens is 586 g/mol. The van der Waals surface area contributed by atoms with Gasteiger partial charge in [0.1, 0.15) is 28.8 Å². The molecule has 4 unspecified atom stereocenters. The van der Waals surface area contributed by atoms with Crippen molar-refractivity contribution in [2.75, 3.05) is 6.61 Å². The van der Waals surface area contributed by atoms with Crippen LogP contribution in [0.5, 0.6) is 5.75 Å². The minimum absolute atomic E-state index is 0.0533. The van der Waals surface area contributed by atoms with Crippen LogP contribution in [-0.2, 0) is 20.7 Å². The van der Waals surface area contributed by atoms with Crippen LogP contribution in [0.3, 0.4) is 0 Å². The van der Waals surface area contributed by atoms with E-state index in [0.717, 1.165) is 24.8 Å². The van der Waals surface area contributed by atoms with Gasteiger partial charge in [-0.3, -0.25) is 9.78 Å². The summed E-state index contributed by atoms with van der Waals surface area (Å²) >= 11 is 0. The standard InChI is InChI=1S/C37H43NO8/c1-7-23-10-12-24(13-11-23)33(41)45-29-18-28-35(4,15-14-21(2)36(28,5)20-43-22(3)39)32-31(40)30-27(46-37(29,32)6)17-26(44-34(30)42)25-9-8-16-38-19-25/h8-13,16-17,19,21,28-29,31-32,40H,7,14-15,18,20H2,1-6H3/t21-,28?,29-,31?,32?,35-,36?,37+/m0/s1. The molecule has 1 N–H and O–H groups in total. The number of nitrogens with zero attached hydrogens (tertiary/aromatic N) is 1. The van der Waals surface area contributed by atoms with Crippen LogP contribution in [0.4, 0.5) is 0 Å². The Morgan fingerprint density at radius 3 is 2.52 bits per heavy atom. The van der Waals surface area contributed by atoms with E-state index in [1.54, 1.807) is 42.7 Å². The largest absolute Gasteiger partial charge is 0.482 e. The monoisotopic (exact) mass is 629 g/mol. The van der Waals surface area contributed by atoms with Gasteiger partial charge in [-0.1, -0.05) is 39.8 Å². The Kier molecular flexibility index (Phi) is 8.12. The van der Waals surface area contributed by atoms with E-state index >= 15 is 0 Å². The van der Waals surface area contributed by atoms with Gasteiger partial charge in [-0.15, -0.1) is 0 Å². The predicted octanol–water partition coefficient (Wildman–Crippen LogP) is 6.32. The second-order valence-electron chi connectivity index (χ2n) is 14.1. The first kappa shape index (κ1) is 32.0. The van der Waals surface area contributed by atoms with Crippen LogP contribution in [0.1, 0.15) is 88.4 Å². The van der Waals surface area contributed by atoms with Crippen LogP contribution in [0.2, 0.25) is 0 Å². The van der Waals surface area contributed by atoms with Crippen molar-refractivity contribution in [1.82, 2.24) is 4.98 Å². The van der Waals surface area contributed by atoms with Gasteiger partial charge in [0.15, 0.2) is 0 Å². The van der Waals surface area contributed by atoms with Gasteiger partial charge < -0.3 is 23.7 Å². The predicted molar refractivity (Wildman–Crippen MR) is 170 cm³/mol. The maximum atomic E-state index is 13.7. The average Bonchev–Trinajstić information content (AvgIpc) is 3.03. The van der Waals surface area contributed by atoms with Gasteiger partial charge in [-0.2, -0.15) is 0 Å². The molecule has 9 nitrogen and oxygen atoms in total. The fraction of sp³-hybridized carbons (Fsp3) is 0.514. The first-order valence-corrected chi connectivity index (χ1v) is 16.2. The molecule has 0 radical (unpaired) electrons. The van der Waals surface area contributed by atoms with Crippen molar-refractivity contribution in [2.24, 2.45) is 28.6 Å². The lowest BCUT2D eigenvalue weighted by atomic mass is 9.41. The Bertz CT molecular complexity index is 1690. The fourth-order valence-electron chi connectivity index (χ4n) is 8.77. The summed E-state index contributed by atoms with van der Waals surface area (Å²) in [5.74, 6) is -1.02. The molecule has 2 saturated carbocycles. The molecule has 2 aromatic heterocycles. The first-order valence-electron chi connectivity index (χ1n) is 16.2. The van der Waals surface area contributed by atoms with Crippen molar-refractivity contribution in [2.45, 2.75) is 85.0 Å². The summed E-state index contributed by atoms with van der Waals surface area (Å²) in [6.07, 6.45) is 3.97. The number of pyridine rings is 1. The number of esters is 2. The zero-order valence-electron chi connectivity index (χ0n) is 27.4. The SMILES string of the molecule is CCc1ccc(C(=O)O[C@H]2CC3C(C)(COC(C)=O)[C@@H](C)CC[C@]3(C)C3C(O)c4c(cc(-c5cccnc5)oc4=O)O[C@@]32C)cc1. The second kappa shape index (κ2) is 11.7. The molecule has 0 bridgehead atoms. The van der Waals surface area contributed by atoms with Gasteiger partial charge in [-0.25, -0.2) is 9.59 Å². The van der Waals surface area contributed by atoms with Crippen LogP contribution < -0.4 is 10.4 Å². The normalized spacial score (nSPS) is 33.1. The van der Waals surface area contributed by atoms with Crippen molar-refractivity contribution < 1.29 is 33.3 Å². The summed E-state index contributed by atoms with van der Waals surface area (Å²) in [5.41, 5.74) is -0.806. The van der Waals surface area contributed by atoms with Gasteiger partial charge in [0, 0.05) is 42.3 Å². The highest BCUT2D eigenvalue weighted by Gasteiger charge is 2.70. The maximum absolute atomic E-state index is 13.7. The molecule has 9 heteroatoms. The van der Waals surface area contributed by atoms with E-state index in [-0.39, 0.29) is 41.5 Å². The van der Waals surface area contributed by atoms with E-state index < -0.39 is 46.2 Å². The van der Waals surface area contributed by atoms with Crippen molar-refractivity contribution >= 4 is 11.9 Å². The zero-order valence-corrected chi connectivity index (χ0v) is 27.4. The first-order chi connectivity index (χ1) is 21.8. The molecule has 1 aliphatic heterocycles. The smallest absolute Gasteiger partial charge is 0.345 e. The molecule has 46 heavy (non-hydrogen) atoms. The second-order valence-corrected chi connectivity index (χ2v) is 14.1. The number of fused-ring (bicyclic) bond motifs is 4. The van der Waals surface area contributed by atoms with Crippen molar-refractivity contribution in [1.29, 1.82) is 0 Å². The number of ether oxygens (including phenoxy) is 3. The molecule has 0 saturated heterocycles. The van der Waals surface area contributed by atoms with Gasteiger partial charge in [-0.05, 0) is 79.7 Å². The van der Waals surface area contributed by atoms with Gasteiger partial charge in [0.25, 0.3) is 0 Å². The molecule has 0 spiro atoms. The maximum Gasteiger partial charge on any atom is 0.345 e. The van der Waals surface area contributed by atoms with Crippen LogP contribution in [0.25, 0.3) is 11.3 Å². The number of aryl methyl sites for hydroxylation is 1. The number of hydrogen-bond acceptors (Lipinski definition) is 9. The molecule has 2 aliphatic carbocycles. The summed E-state index contributed by atoms with van der Waals surface area (Å²) in [7, 11) is 0. The summed E-state index contributed by atoms with van der Waals surface area (Å²) in [6, 6.07) is 12.5. The molecule has 0 amide bonds.